The Morgan fingerprint density at radius 2 is 1.81 bits per heavy atom. The second-order valence-electron chi connectivity index (χ2n) is 4.47. The monoisotopic (exact) mass is 331 g/mol. The topological polar surface area (TPSA) is 46.2 Å². The van der Waals surface area contributed by atoms with Crippen LogP contribution in [0.4, 0.5) is 8.78 Å². The zero-order valence-electron chi connectivity index (χ0n) is 11.0. The van der Waals surface area contributed by atoms with E-state index < -0.39 is 27.7 Å². The summed E-state index contributed by atoms with van der Waals surface area (Å²) in [6.07, 6.45) is 0. The van der Waals surface area contributed by atoms with Crippen LogP contribution in [0.2, 0.25) is 5.02 Å². The van der Waals surface area contributed by atoms with Crippen molar-refractivity contribution in [1.82, 2.24) is 4.72 Å². The van der Waals surface area contributed by atoms with Gasteiger partial charge in [0, 0.05) is 11.1 Å². The molecule has 21 heavy (non-hydrogen) atoms. The first-order chi connectivity index (χ1) is 9.79. The van der Waals surface area contributed by atoms with E-state index in [-0.39, 0.29) is 4.90 Å². The quantitative estimate of drug-likeness (QED) is 0.929. The smallest absolute Gasteiger partial charge is 0.207 e. The number of halogens is 3. The summed E-state index contributed by atoms with van der Waals surface area (Å²) in [5.74, 6) is -2.31. The highest BCUT2D eigenvalue weighted by Gasteiger charge is 2.20. The molecule has 0 aromatic heterocycles. The SMILES string of the molecule is C[C@@H](NS(=O)(=O)c1ccc(F)c(F)c1)c1cccc(Cl)c1. The number of rotatable bonds is 4. The van der Waals surface area contributed by atoms with Crippen LogP contribution in [0.25, 0.3) is 0 Å². The summed E-state index contributed by atoms with van der Waals surface area (Å²) in [5.41, 5.74) is 0.661. The van der Waals surface area contributed by atoms with Crippen LogP contribution in [0.3, 0.4) is 0 Å². The predicted molar refractivity (Wildman–Crippen MR) is 76.5 cm³/mol. The van der Waals surface area contributed by atoms with Crippen LogP contribution in [0.5, 0.6) is 0 Å². The normalized spacial score (nSPS) is 13.1. The van der Waals surface area contributed by atoms with Crippen LogP contribution in [0.15, 0.2) is 47.4 Å². The third-order valence-electron chi connectivity index (χ3n) is 2.88. The summed E-state index contributed by atoms with van der Waals surface area (Å²) in [6.45, 7) is 1.63. The molecule has 0 aliphatic rings. The first kappa shape index (κ1) is 15.9. The van der Waals surface area contributed by atoms with Gasteiger partial charge in [-0.15, -0.1) is 0 Å². The molecular formula is C14H12ClF2NO2S. The summed E-state index contributed by atoms with van der Waals surface area (Å²) >= 11 is 5.85. The van der Waals surface area contributed by atoms with Crippen molar-refractivity contribution in [2.24, 2.45) is 0 Å². The summed E-state index contributed by atoms with van der Waals surface area (Å²) in [7, 11) is -3.96. The van der Waals surface area contributed by atoms with E-state index in [1.54, 1.807) is 31.2 Å². The summed E-state index contributed by atoms with van der Waals surface area (Å²) < 4.78 is 52.6. The Bertz CT molecular complexity index is 765. The maximum Gasteiger partial charge on any atom is 0.241 e. The predicted octanol–water partition coefficient (Wildman–Crippen LogP) is 3.66. The van der Waals surface area contributed by atoms with E-state index in [9.17, 15) is 17.2 Å². The molecule has 0 saturated carbocycles. The van der Waals surface area contributed by atoms with Gasteiger partial charge in [0.15, 0.2) is 11.6 Å². The Kier molecular flexibility index (Phi) is 4.61. The molecular weight excluding hydrogens is 320 g/mol. The van der Waals surface area contributed by atoms with E-state index in [4.69, 9.17) is 11.6 Å². The molecule has 0 unspecified atom stereocenters. The molecule has 0 heterocycles. The lowest BCUT2D eigenvalue weighted by molar-refractivity contribution is 0.503. The van der Waals surface area contributed by atoms with Crippen molar-refractivity contribution in [1.29, 1.82) is 0 Å². The lowest BCUT2D eigenvalue weighted by Crippen LogP contribution is -2.27. The highest BCUT2D eigenvalue weighted by atomic mass is 35.5. The molecule has 1 N–H and O–H groups in total. The zero-order chi connectivity index (χ0) is 15.6. The van der Waals surface area contributed by atoms with Crippen molar-refractivity contribution < 1.29 is 17.2 Å². The van der Waals surface area contributed by atoms with Crippen molar-refractivity contribution in [2.45, 2.75) is 17.9 Å². The molecule has 2 rings (SSSR count). The van der Waals surface area contributed by atoms with E-state index >= 15 is 0 Å². The molecule has 0 bridgehead atoms. The molecule has 112 valence electrons. The second kappa shape index (κ2) is 6.09. The Balaban J connectivity index is 2.26. The lowest BCUT2D eigenvalue weighted by Gasteiger charge is -2.15. The average molecular weight is 332 g/mol. The molecule has 2 aromatic carbocycles. The molecule has 7 heteroatoms. The Labute approximate surface area is 126 Å². The van der Waals surface area contributed by atoms with Gasteiger partial charge in [-0.25, -0.2) is 21.9 Å². The minimum absolute atomic E-state index is 0.338. The number of hydrogen-bond acceptors (Lipinski definition) is 2. The van der Waals surface area contributed by atoms with E-state index in [2.05, 4.69) is 4.72 Å². The van der Waals surface area contributed by atoms with Gasteiger partial charge in [0.25, 0.3) is 0 Å². The van der Waals surface area contributed by atoms with E-state index in [0.717, 1.165) is 12.1 Å². The van der Waals surface area contributed by atoms with E-state index in [1.165, 1.54) is 0 Å². The van der Waals surface area contributed by atoms with Crippen LogP contribution in [0.1, 0.15) is 18.5 Å². The van der Waals surface area contributed by atoms with Gasteiger partial charge in [0.2, 0.25) is 10.0 Å². The van der Waals surface area contributed by atoms with Crippen molar-refractivity contribution in [2.75, 3.05) is 0 Å². The Hall–Kier alpha value is -1.50. The van der Waals surface area contributed by atoms with Gasteiger partial charge in [0.05, 0.1) is 4.90 Å². The van der Waals surface area contributed by atoms with E-state index in [0.29, 0.717) is 16.7 Å². The third-order valence-corrected chi connectivity index (χ3v) is 4.66. The van der Waals surface area contributed by atoms with Crippen LogP contribution in [-0.4, -0.2) is 8.42 Å². The maximum absolute atomic E-state index is 13.1. The minimum Gasteiger partial charge on any atom is -0.207 e. The third kappa shape index (κ3) is 3.78. The molecule has 0 saturated heterocycles. The fraction of sp³-hybridized carbons (Fsp3) is 0.143. The number of sulfonamides is 1. The lowest BCUT2D eigenvalue weighted by atomic mass is 10.1. The fourth-order valence-electron chi connectivity index (χ4n) is 1.79. The second-order valence-corrected chi connectivity index (χ2v) is 6.62. The van der Waals surface area contributed by atoms with Gasteiger partial charge in [-0.05, 0) is 42.8 Å². The molecule has 2 aromatic rings. The highest BCUT2D eigenvalue weighted by Crippen LogP contribution is 2.20. The first-order valence-electron chi connectivity index (χ1n) is 6.02. The molecule has 0 fully saturated rings. The van der Waals surface area contributed by atoms with Gasteiger partial charge >= 0.3 is 0 Å². The number of nitrogens with one attached hydrogen (secondary N) is 1. The Morgan fingerprint density at radius 1 is 1.10 bits per heavy atom. The van der Waals surface area contributed by atoms with Gasteiger partial charge in [-0.1, -0.05) is 23.7 Å². The van der Waals surface area contributed by atoms with Gasteiger partial charge in [0.1, 0.15) is 0 Å². The fourth-order valence-corrected chi connectivity index (χ4v) is 3.23. The molecule has 0 spiro atoms. The molecule has 0 radical (unpaired) electrons. The molecule has 1 atom stereocenters. The summed E-state index contributed by atoms with van der Waals surface area (Å²) in [4.78, 5) is -0.338. The largest absolute Gasteiger partial charge is 0.241 e. The first-order valence-corrected chi connectivity index (χ1v) is 7.88. The van der Waals surface area contributed by atoms with Gasteiger partial charge in [-0.2, -0.15) is 0 Å². The van der Waals surface area contributed by atoms with E-state index in [1.807, 2.05) is 0 Å². The summed E-state index contributed by atoms with van der Waals surface area (Å²) in [6, 6.07) is 8.55. The minimum atomic E-state index is -3.96. The average Bonchev–Trinajstić information content (AvgIpc) is 2.41. The van der Waals surface area contributed by atoms with Crippen molar-refractivity contribution in [3.05, 3.63) is 64.7 Å². The standard InChI is InChI=1S/C14H12ClF2NO2S/c1-9(10-3-2-4-11(15)7-10)18-21(19,20)12-5-6-13(16)14(17)8-12/h2-9,18H,1H3/t9-/m1/s1. The molecule has 3 nitrogen and oxygen atoms in total. The van der Waals surface area contributed by atoms with Crippen LogP contribution >= 0.6 is 11.6 Å². The molecule has 0 aliphatic carbocycles. The number of hydrogen-bond donors (Lipinski definition) is 1. The van der Waals surface area contributed by atoms with Crippen LogP contribution in [-0.2, 0) is 10.0 Å². The van der Waals surface area contributed by atoms with Crippen molar-refractivity contribution in [3.8, 4) is 0 Å². The maximum atomic E-state index is 13.1. The van der Waals surface area contributed by atoms with Crippen LogP contribution in [0, 0.1) is 11.6 Å². The number of benzene rings is 2. The van der Waals surface area contributed by atoms with Crippen LogP contribution < -0.4 is 4.72 Å². The highest BCUT2D eigenvalue weighted by molar-refractivity contribution is 7.89. The van der Waals surface area contributed by atoms with Gasteiger partial charge in [-0.3, -0.25) is 0 Å². The zero-order valence-corrected chi connectivity index (χ0v) is 12.5. The van der Waals surface area contributed by atoms with Crippen molar-refractivity contribution in [3.63, 3.8) is 0 Å². The summed E-state index contributed by atoms with van der Waals surface area (Å²) in [5, 5.41) is 0.478. The molecule has 0 amide bonds. The van der Waals surface area contributed by atoms with Gasteiger partial charge < -0.3 is 0 Å². The molecule has 0 aliphatic heterocycles. The van der Waals surface area contributed by atoms with Crippen molar-refractivity contribution >= 4 is 21.6 Å². The Morgan fingerprint density at radius 3 is 2.43 bits per heavy atom.